The monoisotopic (exact) mass is 638 g/mol. The summed E-state index contributed by atoms with van der Waals surface area (Å²) in [5.41, 5.74) is 2.79. The van der Waals surface area contributed by atoms with Crippen molar-refractivity contribution in [3.8, 4) is 0 Å². The Hall–Kier alpha value is -1.07. The molecular formula is C38H55O6P. The van der Waals surface area contributed by atoms with E-state index in [1.54, 1.807) is 0 Å². The Kier molecular flexibility index (Phi) is 7.26. The van der Waals surface area contributed by atoms with Crippen LogP contribution in [-0.2, 0) is 23.2 Å². The van der Waals surface area contributed by atoms with Gasteiger partial charge in [-0.2, -0.15) is 0 Å². The van der Waals surface area contributed by atoms with Gasteiger partial charge in [0.1, 0.15) is 0 Å². The minimum absolute atomic E-state index is 0.116. The lowest BCUT2D eigenvalue weighted by molar-refractivity contribution is -0.118. The molecule has 8 aliphatic carbocycles. The summed E-state index contributed by atoms with van der Waals surface area (Å²) in [6.07, 6.45) is 18.9. The van der Waals surface area contributed by atoms with Crippen LogP contribution in [-0.4, -0.2) is 28.7 Å². The second-order valence-corrected chi connectivity index (χ2v) is 19.2. The molecule has 0 radical (unpaired) electrons. The molecule has 0 saturated heterocycles. The Balaban J connectivity index is 0.953. The third-order valence-electron chi connectivity index (χ3n) is 16.3. The van der Waals surface area contributed by atoms with Crippen molar-refractivity contribution < 1.29 is 28.1 Å². The molecule has 0 aromatic heterocycles. The maximum Gasteiger partial charge on any atom is 0.472 e. The number of allylic oxidation sites excluding steroid dienone is 2. The van der Waals surface area contributed by atoms with Gasteiger partial charge in [0.15, 0.2) is 11.6 Å². The van der Waals surface area contributed by atoms with Gasteiger partial charge < -0.3 is 4.89 Å². The number of ketones is 2. The SMILES string of the molecule is C[C@]12CCC(=O)C=C1CCC1C2CC[C@@]2(C)C1CC[C@@H]2OP(=O)(O)O[C@H]1CCC2[C@H]3CCC4=CC(=O)CC[C@]4(C)[C@@H]3CC[C@@]21C. The van der Waals surface area contributed by atoms with Gasteiger partial charge in [-0.1, -0.05) is 38.8 Å². The van der Waals surface area contributed by atoms with E-state index in [1.165, 1.54) is 11.1 Å². The molecule has 8 rings (SSSR count). The maximum absolute atomic E-state index is 13.9. The molecule has 0 aromatic rings. The highest BCUT2D eigenvalue weighted by molar-refractivity contribution is 7.47. The first-order valence-corrected chi connectivity index (χ1v) is 19.9. The van der Waals surface area contributed by atoms with Gasteiger partial charge in [-0.05, 0) is 159 Å². The van der Waals surface area contributed by atoms with Crippen molar-refractivity contribution in [2.75, 3.05) is 0 Å². The molecule has 5 unspecified atom stereocenters. The van der Waals surface area contributed by atoms with Crippen LogP contribution in [0.1, 0.15) is 130 Å². The second kappa shape index (κ2) is 10.5. The molecule has 0 bridgehead atoms. The molecule has 0 amide bonds. The van der Waals surface area contributed by atoms with Crippen molar-refractivity contribution >= 4 is 19.4 Å². The van der Waals surface area contributed by atoms with Crippen molar-refractivity contribution in [3.05, 3.63) is 23.3 Å². The molecule has 6 fully saturated rings. The van der Waals surface area contributed by atoms with Crippen molar-refractivity contribution in [2.45, 2.75) is 143 Å². The van der Waals surface area contributed by atoms with E-state index in [9.17, 15) is 19.0 Å². The van der Waals surface area contributed by atoms with Crippen LogP contribution in [0.4, 0.5) is 0 Å². The minimum atomic E-state index is -4.26. The summed E-state index contributed by atoms with van der Waals surface area (Å²) >= 11 is 0. The molecule has 0 aliphatic heterocycles. The van der Waals surface area contributed by atoms with E-state index in [1.807, 2.05) is 12.2 Å². The summed E-state index contributed by atoms with van der Waals surface area (Å²) in [6.45, 7) is 9.46. The predicted molar refractivity (Wildman–Crippen MR) is 173 cm³/mol. The number of phosphoric ester groups is 1. The summed E-state index contributed by atoms with van der Waals surface area (Å²) in [5.74, 6) is 3.93. The normalized spacial score (nSPS) is 51.8. The van der Waals surface area contributed by atoms with E-state index in [0.29, 0.717) is 59.9 Å². The zero-order valence-electron chi connectivity index (χ0n) is 28.0. The van der Waals surface area contributed by atoms with Gasteiger partial charge in [0.05, 0.1) is 12.2 Å². The van der Waals surface area contributed by atoms with Crippen LogP contribution in [0.3, 0.4) is 0 Å². The zero-order valence-corrected chi connectivity index (χ0v) is 28.9. The Morgan fingerprint density at radius 1 is 0.600 bits per heavy atom. The molecule has 7 heteroatoms. The van der Waals surface area contributed by atoms with Gasteiger partial charge in [-0.3, -0.25) is 18.6 Å². The van der Waals surface area contributed by atoms with E-state index < -0.39 is 7.82 Å². The fraction of sp³-hybridized carbons (Fsp3) is 0.842. The standard InChI is InChI=1S/C38H55O6P/c1-35-17-13-25(39)21-23(35)5-7-27-29-9-11-33(37(29,3)19-15-31(27)35)43-45(41,42)44-34-12-10-30-28-8-6-24-22-26(40)14-18-36(24,2)32(28)16-20-38(30,34)4/h21-22,27-34H,5-20H2,1-4H3,(H,41,42)/t27-,28?,29?,30?,31-,32?,33+,34+,35+,36+,37+,38+/m1/s1. The summed E-state index contributed by atoms with van der Waals surface area (Å²) in [6, 6.07) is 0. The lowest BCUT2D eigenvalue weighted by atomic mass is 9.47. The lowest BCUT2D eigenvalue weighted by Gasteiger charge is -2.58. The third-order valence-corrected chi connectivity index (χ3v) is 17.3. The summed E-state index contributed by atoms with van der Waals surface area (Å²) in [7, 11) is -4.26. The first-order chi connectivity index (χ1) is 21.3. The van der Waals surface area contributed by atoms with Gasteiger partial charge in [0.25, 0.3) is 0 Å². The van der Waals surface area contributed by atoms with E-state index in [4.69, 9.17) is 9.05 Å². The Morgan fingerprint density at radius 2 is 1.02 bits per heavy atom. The van der Waals surface area contributed by atoms with Gasteiger partial charge in [0, 0.05) is 12.8 Å². The molecule has 0 heterocycles. The average molecular weight is 639 g/mol. The molecule has 0 aromatic carbocycles. The highest BCUT2D eigenvalue weighted by Gasteiger charge is 2.63. The number of fused-ring (bicyclic) bond motifs is 10. The second-order valence-electron chi connectivity index (χ2n) is 17.8. The summed E-state index contributed by atoms with van der Waals surface area (Å²) < 4.78 is 26.5. The van der Waals surface area contributed by atoms with Crippen molar-refractivity contribution in [1.82, 2.24) is 0 Å². The largest absolute Gasteiger partial charge is 0.472 e. The molecule has 0 spiro atoms. The van der Waals surface area contributed by atoms with E-state index in [2.05, 4.69) is 27.7 Å². The van der Waals surface area contributed by atoms with Crippen molar-refractivity contribution in [1.29, 1.82) is 0 Å². The van der Waals surface area contributed by atoms with E-state index in [-0.39, 0.29) is 33.9 Å². The Bertz CT molecular complexity index is 1300. The molecule has 45 heavy (non-hydrogen) atoms. The Morgan fingerprint density at radius 3 is 1.44 bits per heavy atom. The Labute approximate surface area is 270 Å². The van der Waals surface area contributed by atoms with E-state index >= 15 is 0 Å². The molecule has 6 saturated carbocycles. The molecule has 1 N–H and O–H groups in total. The topological polar surface area (TPSA) is 89.9 Å². The average Bonchev–Trinajstić information content (AvgIpc) is 3.49. The van der Waals surface area contributed by atoms with Crippen LogP contribution in [0.2, 0.25) is 0 Å². The third kappa shape index (κ3) is 4.61. The lowest BCUT2D eigenvalue weighted by Crippen LogP contribution is -2.51. The molecular weight excluding hydrogens is 583 g/mol. The van der Waals surface area contributed by atoms with E-state index in [0.717, 1.165) is 89.9 Å². The number of phosphoric acid groups is 1. The highest BCUT2D eigenvalue weighted by Crippen LogP contribution is 2.70. The smallest absolute Gasteiger partial charge is 0.302 e. The zero-order chi connectivity index (χ0) is 31.6. The summed E-state index contributed by atoms with van der Waals surface area (Å²) in [4.78, 5) is 35.8. The van der Waals surface area contributed by atoms with Gasteiger partial charge >= 0.3 is 7.82 Å². The van der Waals surface area contributed by atoms with Crippen LogP contribution < -0.4 is 0 Å². The van der Waals surface area contributed by atoms with Crippen LogP contribution in [0, 0.1) is 57.2 Å². The van der Waals surface area contributed by atoms with Crippen molar-refractivity contribution in [2.24, 2.45) is 57.2 Å². The number of hydrogen-bond donors (Lipinski definition) is 1. The van der Waals surface area contributed by atoms with Crippen LogP contribution in [0.25, 0.3) is 0 Å². The fourth-order valence-electron chi connectivity index (χ4n) is 13.7. The van der Waals surface area contributed by atoms with Gasteiger partial charge in [0.2, 0.25) is 0 Å². The van der Waals surface area contributed by atoms with Crippen molar-refractivity contribution in [3.63, 3.8) is 0 Å². The summed E-state index contributed by atoms with van der Waals surface area (Å²) in [5, 5.41) is 0. The first-order valence-electron chi connectivity index (χ1n) is 18.4. The first kappa shape index (κ1) is 31.2. The van der Waals surface area contributed by atoms with Crippen LogP contribution in [0.5, 0.6) is 0 Å². The predicted octanol–water partition coefficient (Wildman–Crippen LogP) is 8.92. The number of hydrogen-bond acceptors (Lipinski definition) is 5. The minimum Gasteiger partial charge on any atom is -0.302 e. The molecule has 248 valence electrons. The van der Waals surface area contributed by atoms with Crippen LogP contribution in [0.15, 0.2) is 23.3 Å². The van der Waals surface area contributed by atoms with Crippen LogP contribution >= 0.6 is 7.82 Å². The quantitative estimate of drug-likeness (QED) is 0.309. The number of rotatable bonds is 4. The number of carbonyl (C=O) groups excluding carboxylic acids is 2. The molecule has 6 nitrogen and oxygen atoms in total. The number of carbonyl (C=O) groups is 2. The highest BCUT2D eigenvalue weighted by atomic mass is 31.2. The van der Waals surface area contributed by atoms with Gasteiger partial charge in [-0.25, -0.2) is 4.57 Å². The maximum atomic E-state index is 13.9. The van der Waals surface area contributed by atoms with Gasteiger partial charge in [-0.15, -0.1) is 0 Å². The molecule has 13 atom stereocenters. The fourth-order valence-corrected chi connectivity index (χ4v) is 15.1. The molecule has 8 aliphatic rings.